The molecule has 1 fully saturated rings. The molecule has 2 aliphatic carbocycles. The van der Waals surface area contributed by atoms with Crippen LogP contribution in [-0.4, -0.2) is 63.4 Å². The highest BCUT2D eigenvalue weighted by molar-refractivity contribution is 5.98. The molecule has 1 saturated carbocycles. The van der Waals surface area contributed by atoms with Gasteiger partial charge in [0.25, 0.3) is 5.91 Å². The average molecular weight is 562 g/mol. The van der Waals surface area contributed by atoms with Crippen LogP contribution in [0.5, 0.6) is 5.75 Å². The van der Waals surface area contributed by atoms with Gasteiger partial charge in [-0.25, -0.2) is 19.5 Å². The SMILES string of the molecule is N#CC1CC(c2ncc(-c3ccn4nc5c(c4n3)C3CC5N(C(O)(O)O)C(=O)c4cccc(OC(F)F)c43)cn2)C1. The number of benzene rings is 1. The lowest BCUT2D eigenvalue weighted by Gasteiger charge is -2.34. The first-order valence-electron chi connectivity index (χ1n) is 12.8. The Morgan fingerprint density at radius 2 is 1.85 bits per heavy atom. The highest BCUT2D eigenvalue weighted by Gasteiger charge is 2.53. The molecule has 0 radical (unpaired) electrons. The molecule has 1 amide bonds. The minimum Gasteiger partial charge on any atom is -0.434 e. The van der Waals surface area contributed by atoms with Crippen LogP contribution in [0.2, 0.25) is 0 Å². The summed E-state index contributed by atoms with van der Waals surface area (Å²) in [5, 5.41) is 44.1. The smallest absolute Gasteiger partial charge is 0.387 e. The molecule has 41 heavy (non-hydrogen) atoms. The van der Waals surface area contributed by atoms with Gasteiger partial charge in [0, 0.05) is 58.6 Å². The Bertz CT molecular complexity index is 1740. The van der Waals surface area contributed by atoms with E-state index in [1.165, 1.54) is 22.7 Å². The number of rotatable bonds is 5. The fourth-order valence-corrected chi connectivity index (χ4v) is 6.17. The molecule has 0 saturated heterocycles. The van der Waals surface area contributed by atoms with Crippen LogP contribution in [0.4, 0.5) is 8.78 Å². The number of carbonyl (C=O) groups excluding carboxylic acids is 1. The first-order chi connectivity index (χ1) is 19.6. The van der Waals surface area contributed by atoms with Crippen LogP contribution in [-0.2, 0) is 0 Å². The predicted octanol–water partition coefficient (Wildman–Crippen LogP) is 2.43. The van der Waals surface area contributed by atoms with Gasteiger partial charge < -0.3 is 20.1 Å². The standard InChI is InChI=1S/C27H21F2N7O5/c28-26(29)41-19-3-1-2-15-20(19)16-8-18(36(25(15)37)27(38,39)40)22-21(16)24-33-17(4-5-35(24)34-22)14-10-31-23(32-11-14)13-6-12(7-13)9-30/h1-5,10-13,16,18,26,38-40H,6-8H2. The van der Waals surface area contributed by atoms with Crippen LogP contribution in [0.15, 0.2) is 42.9 Å². The Labute approximate surface area is 230 Å². The van der Waals surface area contributed by atoms with Gasteiger partial charge in [0.15, 0.2) is 5.65 Å². The minimum absolute atomic E-state index is 0.00867. The second-order valence-corrected chi connectivity index (χ2v) is 10.4. The van der Waals surface area contributed by atoms with Crippen molar-refractivity contribution in [2.45, 2.75) is 49.8 Å². The van der Waals surface area contributed by atoms with Crippen LogP contribution < -0.4 is 4.74 Å². The van der Waals surface area contributed by atoms with E-state index in [1.807, 2.05) is 0 Å². The van der Waals surface area contributed by atoms with E-state index in [9.17, 15) is 28.9 Å². The van der Waals surface area contributed by atoms with E-state index in [4.69, 9.17) is 15.0 Å². The molecular weight excluding hydrogens is 540 g/mol. The van der Waals surface area contributed by atoms with E-state index in [0.717, 1.165) is 12.8 Å². The molecule has 0 spiro atoms. The van der Waals surface area contributed by atoms with Crippen molar-refractivity contribution in [3.05, 3.63) is 71.1 Å². The number of nitrogens with zero attached hydrogens (tertiary/aromatic N) is 7. The van der Waals surface area contributed by atoms with Gasteiger partial charge in [0.2, 0.25) is 0 Å². The largest absolute Gasteiger partial charge is 0.434 e. The molecule has 2 unspecified atom stereocenters. The summed E-state index contributed by atoms with van der Waals surface area (Å²) in [6, 6.07) is 6.80. The Kier molecular flexibility index (Phi) is 5.55. The zero-order chi connectivity index (χ0) is 28.6. The van der Waals surface area contributed by atoms with Gasteiger partial charge in [-0.3, -0.25) is 9.69 Å². The summed E-state index contributed by atoms with van der Waals surface area (Å²) in [5.74, 6) is -1.17. The molecule has 4 aromatic rings. The highest BCUT2D eigenvalue weighted by atomic mass is 19.3. The van der Waals surface area contributed by atoms with Gasteiger partial charge in [0.05, 0.1) is 23.5 Å². The van der Waals surface area contributed by atoms with Crippen molar-refractivity contribution in [3.8, 4) is 23.1 Å². The number of fused-ring (bicyclic) bond motifs is 9. The molecule has 4 heterocycles. The zero-order valence-electron chi connectivity index (χ0n) is 21.1. The molecule has 208 valence electrons. The number of hydrogen-bond donors (Lipinski definition) is 3. The van der Waals surface area contributed by atoms with E-state index in [2.05, 4.69) is 21.1 Å². The molecule has 2 bridgehead atoms. The monoisotopic (exact) mass is 561 g/mol. The number of aromatic nitrogens is 5. The lowest BCUT2D eigenvalue weighted by molar-refractivity contribution is -0.385. The predicted molar refractivity (Wildman–Crippen MR) is 133 cm³/mol. The molecule has 3 N–H and O–H groups in total. The summed E-state index contributed by atoms with van der Waals surface area (Å²) in [6.07, 6.45) is 2.80. The summed E-state index contributed by atoms with van der Waals surface area (Å²) in [7, 11) is 0. The molecule has 3 aromatic heterocycles. The molecule has 14 heteroatoms. The number of hydrogen-bond acceptors (Lipinski definition) is 10. The van der Waals surface area contributed by atoms with Crippen LogP contribution in [0, 0.1) is 17.2 Å². The first-order valence-corrected chi connectivity index (χ1v) is 12.8. The maximum Gasteiger partial charge on any atom is 0.387 e. The number of halogens is 2. The van der Waals surface area contributed by atoms with E-state index >= 15 is 0 Å². The van der Waals surface area contributed by atoms with E-state index < -0.39 is 30.6 Å². The number of amides is 1. The maximum atomic E-state index is 13.4. The molecular formula is C27H21F2N7O5. The third kappa shape index (κ3) is 3.92. The van der Waals surface area contributed by atoms with Gasteiger partial charge in [-0.15, -0.1) is 0 Å². The van der Waals surface area contributed by atoms with Crippen molar-refractivity contribution in [3.63, 3.8) is 0 Å². The quantitative estimate of drug-likeness (QED) is 0.308. The van der Waals surface area contributed by atoms with Gasteiger partial charge in [-0.2, -0.15) is 19.1 Å². The second-order valence-electron chi connectivity index (χ2n) is 10.4. The fourth-order valence-electron chi connectivity index (χ4n) is 6.17. The Morgan fingerprint density at radius 3 is 2.54 bits per heavy atom. The van der Waals surface area contributed by atoms with Crippen molar-refractivity contribution >= 4 is 11.6 Å². The molecule has 3 aliphatic rings. The lowest BCUT2D eigenvalue weighted by Crippen LogP contribution is -2.53. The summed E-state index contributed by atoms with van der Waals surface area (Å²) >= 11 is 0. The molecule has 12 nitrogen and oxygen atoms in total. The minimum atomic E-state index is -3.56. The summed E-state index contributed by atoms with van der Waals surface area (Å²) in [4.78, 5) is 27.6. The average Bonchev–Trinajstić information content (AvgIpc) is 3.40. The van der Waals surface area contributed by atoms with Crippen LogP contribution in [0.3, 0.4) is 0 Å². The van der Waals surface area contributed by atoms with Crippen molar-refractivity contribution in [1.82, 2.24) is 29.5 Å². The van der Waals surface area contributed by atoms with Crippen LogP contribution in [0.25, 0.3) is 16.9 Å². The summed E-state index contributed by atoms with van der Waals surface area (Å²) in [6.45, 7) is -3.18. The van der Waals surface area contributed by atoms with Gasteiger partial charge in [0.1, 0.15) is 11.6 Å². The molecule has 7 rings (SSSR count). The fraction of sp³-hybridized carbons (Fsp3) is 0.333. The zero-order valence-corrected chi connectivity index (χ0v) is 21.1. The van der Waals surface area contributed by atoms with E-state index in [0.29, 0.717) is 33.2 Å². The Balaban J connectivity index is 1.36. The van der Waals surface area contributed by atoms with Crippen molar-refractivity contribution in [1.29, 1.82) is 5.26 Å². The Hall–Kier alpha value is -4.58. The normalized spacial score (nSPS) is 23.1. The Morgan fingerprint density at radius 1 is 1.10 bits per heavy atom. The van der Waals surface area contributed by atoms with E-state index in [1.54, 1.807) is 24.7 Å². The second kappa shape index (κ2) is 8.96. The maximum absolute atomic E-state index is 13.4. The van der Waals surface area contributed by atoms with Crippen molar-refractivity contribution < 1.29 is 33.6 Å². The number of alkyl halides is 2. The van der Waals surface area contributed by atoms with Crippen molar-refractivity contribution in [2.75, 3.05) is 0 Å². The topological polar surface area (TPSA) is 170 Å². The lowest BCUT2D eigenvalue weighted by atomic mass is 9.75. The summed E-state index contributed by atoms with van der Waals surface area (Å²) < 4.78 is 33.0. The van der Waals surface area contributed by atoms with Crippen LogP contribution in [0.1, 0.15) is 70.1 Å². The number of carbonyl (C=O) groups is 1. The molecule has 1 aliphatic heterocycles. The van der Waals surface area contributed by atoms with Gasteiger partial charge in [-0.1, -0.05) is 6.07 Å². The number of ether oxygens (including phenoxy) is 1. The molecule has 1 aromatic carbocycles. The van der Waals surface area contributed by atoms with E-state index in [-0.39, 0.29) is 40.8 Å². The van der Waals surface area contributed by atoms with Gasteiger partial charge >= 0.3 is 12.7 Å². The third-order valence-electron chi connectivity index (χ3n) is 8.04. The number of nitriles is 1. The third-order valence-corrected chi connectivity index (χ3v) is 8.04. The summed E-state index contributed by atoms with van der Waals surface area (Å²) in [5.41, 5.74) is 2.14. The molecule has 2 atom stereocenters. The van der Waals surface area contributed by atoms with Crippen LogP contribution >= 0.6 is 0 Å². The van der Waals surface area contributed by atoms with Gasteiger partial charge in [-0.05, 0) is 37.5 Å². The first kappa shape index (κ1) is 25.4. The highest BCUT2D eigenvalue weighted by Crippen LogP contribution is 2.54. The number of aliphatic hydroxyl groups is 3. The van der Waals surface area contributed by atoms with Crippen molar-refractivity contribution in [2.24, 2.45) is 5.92 Å².